The minimum Gasteiger partial charge on any atom is -0.298 e. The Bertz CT molecular complexity index is 704. The average Bonchev–Trinajstić information content (AvgIpc) is 2.47. The molecule has 0 radical (unpaired) electrons. The van der Waals surface area contributed by atoms with E-state index in [0.29, 0.717) is 0 Å². The second-order valence-electron chi connectivity index (χ2n) is 5.43. The zero-order valence-corrected chi connectivity index (χ0v) is 13.5. The van der Waals surface area contributed by atoms with Gasteiger partial charge in [-0.15, -0.1) is 0 Å². The lowest BCUT2D eigenvalue weighted by Crippen LogP contribution is -2.25. The van der Waals surface area contributed by atoms with Crippen molar-refractivity contribution in [2.75, 3.05) is 11.5 Å². The molecule has 0 aliphatic rings. The number of hydrogen-bond acceptors (Lipinski definition) is 4. The van der Waals surface area contributed by atoms with E-state index < -0.39 is 32.9 Å². The third-order valence-corrected chi connectivity index (χ3v) is 4.77. The van der Waals surface area contributed by atoms with Crippen LogP contribution in [0.5, 0.6) is 0 Å². The topological polar surface area (TPSA) is 68.3 Å². The zero-order valence-electron chi connectivity index (χ0n) is 12.6. The minimum absolute atomic E-state index is 0.0624. The van der Waals surface area contributed by atoms with Crippen molar-refractivity contribution < 1.29 is 18.0 Å². The monoisotopic (exact) mass is 330 g/mol. The molecule has 0 bridgehead atoms. The molecule has 0 atom stereocenters. The summed E-state index contributed by atoms with van der Waals surface area (Å²) in [7, 11) is -3.72. The number of carbonyl (C=O) groups is 2. The van der Waals surface area contributed by atoms with Crippen LogP contribution in [0.3, 0.4) is 0 Å². The van der Waals surface area contributed by atoms with E-state index in [-0.39, 0.29) is 12.8 Å². The van der Waals surface area contributed by atoms with Gasteiger partial charge in [0.2, 0.25) is 0 Å². The van der Waals surface area contributed by atoms with Gasteiger partial charge >= 0.3 is 0 Å². The maximum atomic E-state index is 12.0. The lowest BCUT2D eigenvalue weighted by atomic mass is 10.1. The van der Waals surface area contributed by atoms with E-state index in [1.807, 2.05) is 12.1 Å². The minimum atomic E-state index is -3.72. The largest absolute Gasteiger partial charge is 0.298 e. The maximum absolute atomic E-state index is 12.0. The van der Waals surface area contributed by atoms with Crippen molar-refractivity contribution in [2.45, 2.75) is 12.8 Å². The van der Waals surface area contributed by atoms with Gasteiger partial charge in [-0.25, -0.2) is 8.42 Å². The molecule has 2 rings (SSSR count). The molecule has 0 N–H and O–H groups in total. The van der Waals surface area contributed by atoms with Crippen LogP contribution in [-0.4, -0.2) is 31.5 Å². The Morgan fingerprint density at radius 1 is 0.652 bits per heavy atom. The van der Waals surface area contributed by atoms with E-state index in [4.69, 9.17) is 0 Å². The van der Waals surface area contributed by atoms with Gasteiger partial charge in [0.1, 0.15) is 11.5 Å². The third-order valence-electron chi connectivity index (χ3n) is 3.25. The number of sulfone groups is 1. The van der Waals surface area contributed by atoms with Crippen LogP contribution in [0.4, 0.5) is 0 Å². The summed E-state index contributed by atoms with van der Waals surface area (Å²) in [5.74, 6) is -1.99. The molecule has 0 aromatic heterocycles. The van der Waals surface area contributed by atoms with Crippen LogP contribution in [0.1, 0.15) is 11.1 Å². The third kappa shape index (κ3) is 6.16. The fourth-order valence-corrected chi connectivity index (χ4v) is 3.58. The maximum Gasteiger partial charge on any atom is 0.164 e. The van der Waals surface area contributed by atoms with Crippen LogP contribution in [0, 0.1) is 0 Å². The van der Waals surface area contributed by atoms with Gasteiger partial charge in [0.15, 0.2) is 21.4 Å². The van der Waals surface area contributed by atoms with Gasteiger partial charge in [-0.3, -0.25) is 9.59 Å². The van der Waals surface area contributed by atoms with E-state index in [1.54, 1.807) is 48.5 Å². The van der Waals surface area contributed by atoms with Crippen molar-refractivity contribution in [1.29, 1.82) is 0 Å². The van der Waals surface area contributed by atoms with Crippen molar-refractivity contribution in [3.8, 4) is 0 Å². The summed E-state index contributed by atoms with van der Waals surface area (Å²) < 4.78 is 24.0. The second kappa shape index (κ2) is 7.83. The van der Waals surface area contributed by atoms with Crippen LogP contribution in [0.25, 0.3) is 0 Å². The van der Waals surface area contributed by atoms with E-state index >= 15 is 0 Å². The number of Topliss-reactive ketones (excluding diaryl/α,β-unsaturated/α-hetero) is 2. The predicted octanol–water partition coefficient (Wildman–Crippen LogP) is 2.02. The van der Waals surface area contributed by atoms with E-state index in [0.717, 1.165) is 11.1 Å². The molecule has 0 saturated heterocycles. The molecule has 0 saturated carbocycles. The Hall–Kier alpha value is -2.27. The van der Waals surface area contributed by atoms with Crippen LogP contribution in [-0.2, 0) is 32.3 Å². The first kappa shape index (κ1) is 17.1. The van der Waals surface area contributed by atoms with Crippen LogP contribution < -0.4 is 0 Å². The van der Waals surface area contributed by atoms with Crippen molar-refractivity contribution in [1.82, 2.24) is 0 Å². The molecule has 120 valence electrons. The van der Waals surface area contributed by atoms with Gasteiger partial charge < -0.3 is 0 Å². The highest BCUT2D eigenvalue weighted by Gasteiger charge is 2.20. The van der Waals surface area contributed by atoms with Crippen LogP contribution >= 0.6 is 0 Å². The molecule has 5 heteroatoms. The number of benzene rings is 2. The van der Waals surface area contributed by atoms with Gasteiger partial charge in [-0.2, -0.15) is 0 Å². The lowest BCUT2D eigenvalue weighted by Gasteiger charge is -2.04. The molecule has 0 unspecified atom stereocenters. The summed E-state index contributed by atoms with van der Waals surface area (Å²) in [5, 5.41) is 0. The normalized spacial score (nSPS) is 11.1. The van der Waals surface area contributed by atoms with Crippen LogP contribution in [0.2, 0.25) is 0 Å². The van der Waals surface area contributed by atoms with E-state index in [9.17, 15) is 18.0 Å². The molecule has 0 aliphatic heterocycles. The summed E-state index contributed by atoms with van der Waals surface area (Å²) in [4.78, 5) is 23.8. The Labute approximate surface area is 136 Å². The first-order chi connectivity index (χ1) is 10.9. The Kier molecular flexibility index (Phi) is 5.82. The van der Waals surface area contributed by atoms with Gasteiger partial charge in [0, 0.05) is 12.8 Å². The smallest absolute Gasteiger partial charge is 0.164 e. The number of ketones is 2. The highest BCUT2D eigenvalue weighted by atomic mass is 32.2. The molecule has 2 aromatic carbocycles. The summed E-state index contributed by atoms with van der Waals surface area (Å²) in [5.41, 5.74) is 1.53. The molecular formula is C18H18O4S. The molecule has 4 nitrogen and oxygen atoms in total. The molecular weight excluding hydrogens is 312 g/mol. The van der Waals surface area contributed by atoms with Gasteiger partial charge in [0.25, 0.3) is 0 Å². The fraction of sp³-hybridized carbons (Fsp3) is 0.222. The summed E-state index contributed by atoms with van der Waals surface area (Å²) >= 11 is 0. The molecule has 0 fully saturated rings. The second-order valence-corrected chi connectivity index (χ2v) is 7.50. The van der Waals surface area contributed by atoms with Crippen molar-refractivity contribution in [3.05, 3.63) is 71.8 Å². The summed E-state index contributed by atoms with van der Waals surface area (Å²) in [6.07, 6.45) is 0.125. The van der Waals surface area contributed by atoms with Gasteiger partial charge in [-0.1, -0.05) is 60.7 Å². The van der Waals surface area contributed by atoms with E-state index in [2.05, 4.69) is 0 Å². The molecule has 2 aromatic rings. The number of carbonyl (C=O) groups excluding carboxylic acids is 2. The lowest BCUT2D eigenvalue weighted by molar-refractivity contribution is -0.116. The molecule has 0 heterocycles. The highest BCUT2D eigenvalue weighted by Crippen LogP contribution is 2.05. The quantitative estimate of drug-likeness (QED) is 0.743. The van der Waals surface area contributed by atoms with Crippen molar-refractivity contribution in [3.63, 3.8) is 0 Å². The molecule has 0 spiro atoms. The Morgan fingerprint density at radius 2 is 1.00 bits per heavy atom. The van der Waals surface area contributed by atoms with Gasteiger partial charge in [-0.05, 0) is 11.1 Å². The van der Waals surface area contributed by atoms with E-state index in [1.165, 1.54) is 0 Å². The Morgan fingerprint density at radius 3 is 1.35 bits per heavy atom. The number of hydrogen-bond donors (Lipinski definition) is 0. The summed E-state index contributed by atoms with van der Waals surface area (Å²) in [6, 6.07) is 17.9. The SMILES string of the molecule is O=C(Cc1ccccc1)CS(=O)(=O)CC(=O)Cc1ccccc1. The summed E-state index contributed by atoms with van der Waals surface area (Å²) in [6.45, 7) is 0. The van der Waals surface area contributed by atoms with Gasteiger partial charge in [0.05, 0.1) is 0 Å². The van der Waals surface area contributed by atoms with Crippen molar-refractivity contribution in [2.24, 2.45) is 0 Å². The predicted molar refractivity (Wildman–Crippen MR) is 89.0 cm³/mol. The molecule has 0 amide bonds. The standard InChI is InChI=1S/C18H18O4S/c19-17(11-15-7-3-1-4-8-15)13-23(21,22)14-18(20)12-16-9-5-2-6-10-16/h1-10H,11-14H2. The number of rotatable bonds is 8. The Balaban J connectivity index is 1.88. The van der Waals surface area contributed by atoms with Crippen molar-refractivity contribution >= 4 is 21.4 Å². The first-order valence-electron chi connectivity index (χ1n) is 7.26. The average molecular weight is 330 g/mol. The highest BCUT2D eigenvalue weighted by molar-refractivity contribution is 7.92. The van der Waals surface area contributed by atoms with Crippen LogP contribution in [0.15, 0.2) is 60.7 Å². The zero-order chi connectivity index (χ0) is 16.7. The molecule has 0 aliphatic carbocycles. The molecule has 23 heavy (non-hydrogen) atoms. The first-order valence-corrected chi connectivity index (χ1v) is 9.08. The fourth-order valence-electron chi connectivity index (χ4n) is 2.29.